The Morgan fingerprint density at radius 3 is 2.48 bits per heavy atom. The number of fused-ring (bicyclic) bond motifs is 1. The van der Waals surface area contributed by atoms with Gasteiger partial charge in [0.05, 0.1) is 4.47 Å². The number of rotatable bonds is 4. The molecule has 3 rings (SSSR count). The summed E-state index contributed by atoms with van der Waals surface area (Å²) in [6.07, 6.45) is 3.71. The van der Waals surface area contributed by atoms with Crippen molar-refractivity contribution in [3.63, 3.8) is 0 Å². The van der Waals surface area contributed by atoms with Crippen LogP contribution in [-0.2, 0) is 19.4 Å². The lowest BCUT2D eigenvalue weighted by molar-refractivity contribution is 0.102. The molecular weight excluding hydrogens is 404 g/mol. The normalized spacial score (nSPS) is 16.1. The number of carbonyl (C=O) groups excluding carboxylic acids is 1. The van der Waals surface area contributed by atoms with Crippen molar-refractivity contribution in [3.8, 4) is 0 Å². The van der Waals surface area contributed by atoms with E-state index < -0.39 is 0 Å². The predicted octanol–water partition coefficient (Wildman–Crippen LogP) is 5.19. The Hall–Kier alpha value is -1.88. The molecule has 144 valence electrons. The number of nitrogens with one attached hydrogen (secondary N) is 1. The van der Waals surface area contributed by atoms with E-state index in [4.69, 9.17) is 0 Å². The highest BCUT2D eigenvalue weighted by atomic mass is 79.9. The number of hydrogen-bond donors (Lipinski definition) is 1. The van der Waals surface area contributed by atoms with Crippen molar-refractivity contribution < 1.29 is 4.79 Å². The predicted molar refractivity (Wildman–Crippen MR) is 114 cm³/mol. The second-order valence-electron chi connectivity index (χ2n) is 7.30. The molecule has 27 heavy (non-hydrogen) atoms. The summed E-state index contributed by atoms with van der Waals surface area (Å²) in [6, 6.07) is 6.09. The van der Waals surface area contributed by atoms with Crippen LogP contribution in [0.4, 0.5) is 5.69 Å². The summed E-state index contributed by atoms with van der Waals surface area (Å²) in [5.74, 6) is -0.111. The van der Waals surface area contributed by atoms with Gasteiger partial charge in [-0.1, -0.05) is 39.0 Å². The largest absolute Gasteiger partial charge is 0.346 e. The van der Waals surface area contributed by atoms with Gasteiger partial charge in [0.15, 0.2) is 0 Å². The highest BCUT2D eigenvalue weighted by Crippen LogP contribution is 2.32. The minimum absolute atomic E-state index is 0.186. The third-order valence-electron chi connectivity index (χ3n) is 5.65. The Kier molecular flexibility index (Phi) is 5.89. The van der Waals surface area contributed by atoms with Gasteiger partial charge in [0.2, 0.25) is 5.43 Å². The highest BCUT2D eigenvalue weighted by molar-refractivity contribution is 9.10. The molecule has 1 amide bonds. The van der Waals surface area contributed by atoms with Crippen LogP contribution in [0, 0.1) is 6.92 Å². The van der Waals surface area contributed by atoms with Crippen molar-refractivity contribution in [2.45, 2.75) is 65.8 Å². The smallest absolute Gasteiger partial charge is 0.261 e. The van der Waals surface area contributed by atoms with Crippen LogP contribution in [0.5, 0.6) is 0 Å². The van der Waals surface area contributed by atoms with Crippen LogP contribution in [0.1, 0.15) is 72.4 Å². The highest BCUT2D eigenvalue weighted by Gasteiger charge is 2.29. The first-order chi connectivity index (χ1) is 12.9. The fraction of sp³-hybridized carbons (Fsp3) is 0.455. The van der Waals surface area contributed by atoms with E-state index in [1.54, 1.807) is 0 Å². The molecule has 1 N–H and O–H groups in total. The number of amides is 1. The molecule has 0 radical (unpaired) electrons. The van der Waals surface area contributed by atoms with Crippen LogP contribution in [-0.4, -0.2) is 10.5 Å². The van der Waals surface area contributed by atoms with Crippen molar-refractivity contribution in [3.05, 3.63) is 61.0 Å². The van der Waals surface area contributed by atoms with E-state index in [1.807, 2.05) is 25.1 Å². The van der Waals surface area contributed by atoms with E-state index in [1.165, 1.54) is 0 Å². The van der Waals surface area contributed by atoms with Gasteiger partial charge in [-0.2, -0.15) is 0 Å². The average molecular weight is 431 g/mol. The van der Waals surface area contributed by atoms with Gasteiger partial charge in [-0.15, -0.1) is 0 Å². The second-order valence-corrected chi connectivity index (χ2v) is 8.09. The van der Waals surface area contributed by atoms with Gasteiger partial charge in [0, 0.05) is 23.6 Å². The lowest BCUT2D eigenvalue weighted by atomic mass is 9.91. The summed E-state index contributed by atoms with van der Waals surface area (Å²) in [5, 5.41) is 3.08. The van der Waals surface area contributed by atoms with Crippen LogP contribution < -0.4 is 10.7 Å². The number of para-hydroxylation sites is 1. The van der Waals surface area contributed by atoms with Crippen molar-refractivity contribution in [1.29, 1.82) is 0 Å². The maximum absolute atomic E-state index is 13.3. The minimum atomic E-state index is -0.297. The number of pyridine rings is 1. The Labute approximate surface area is 169 Å². The van der Waals surface area contributed by atoms with E-state index in [2.05, 4.69) is 46.6 Å². The first-order valence-corrected chi connectivity index (χ1v) is 10.5. The molecule has 1 aliphatic heterocycles. The molecule has 1 atom stereocenters. The van der Waals surface area contributed by atoms with E-state index >= 15 is 0 Å². The number of carbonyl (C=O) groups is 1. The number of aryl methyl sites for hydroxylation is 2. The number of hydrogen-bond acceptors (Lipinski definition) is 2. The van der Waals surface area contributed by atoms with E-state index in [-0.39, 0.29) is 22.8 Å². The summed E-state index contributed by atoms with van der Waals surface area (Å²) in [7, 11) is 0. The van der Waals surface area contributed by atoms with Crippen LogP contribution in [0.3, 0.4) is 0 Å². The first kappa shape index (κ1) is 19.9. The number of anilines is 1. The zero-order chi connectivity index (χ0) is 19.7. The van der Waals surface area contributed by atoms with Gasteiger partial charge in [-0.3, -0.25) is 9.59 Å². The number of aromatic nitrogens is 1. The Morgan fingerprint density at radius 2 is 1.89 bits per heavy atom. The van der Waals surface area contributed by atoms with Crippen LogP contribution >= 0.6 is 15.9 Å². The van der Waals surface area contributed by atoms with Gasteiger partial charge in [-0.25, -0.2) is 0 Å². The van der Waals surface area contributed by atoms with Crippen LogP contribution in [0.25, 0.3) is 0 Å². The molecule has 0 saturated heterocycles. The molecule has 2 heterocycles. The quantitative estimate of drug-likeness (QED) is 0.724. The lowest BCUT2D eigenvalue weighted by Crippen LogP contribution is -2.32. The number of benzene rings is 1. The molecule has 0 aliphatic carbocycles. The zero-order valence-corrected chi connectivity index (χ0v) is 18.1. The van der Waals surface area contributed by atoms with Gasteiger partial charge in [0.25, 0.3) is 5.91 Å². The summed E-state index contributed by atoms with van der Waals surface area (Å²) >= 11 is 3.43. The lowest BCUT2D eigenvalue weighted by Gasteiger charge is -2.29. The SMILES string of the molecule is CCc1cccc(CC)c1NC(=O)c1c2n(c(C)c(Br)c1=O)CCCC2C. The molecule has 0 bridgehead atoms. The average Bonchev–Trinajstić information content (AvgIpc) is 2.67. The standard InChI is InChI=1S/C22H27BrN2O2/c1-5-15-10-7-11-16(6-2)19(15)24-22(27)17-20-13(3)9-8-12-25(20)14(4)18(23)21(17)26/h7,10-11,13H,5-6,8-9,12H2,1-4H3,(H,24,27). The molecular formula is C22H27BrN2O2. The third-order valence-corrected chi connectivity index (χ3v) is 6.58. The van der Waals surface area contributed by atoms with Crippen LogP contribution in [0.15, 0.2) is 27.5 Å². The van der Waals surface area contributed by atoms with Crippen molar-refractivity contribution >= 4 is 27.5 Å². The zero-order valence-electron chi connectivity index (χ0n) is 16.5. The Bertz CT molecular complexity index is 924. The molecule has 1 unspecified atom stereocenters. The molecule has 1 aliphatic rings. The number of nitrogens with zero attached hydrogens (tertiary/aromatic N) is 1. The summed E-state index contributed by atoms with van der Waals surface area (Å²) in [4.78, 5) is 26.3. The molecule has 4 nitrogen and oxygen atoms in total. The van der Waals surface area contributed by atoms with Crippen molar-refractivity contribution in [2.75, 3.05) is 5.32 Å². The molecule has 0 saturated carbocycles. The van der Waals surface area contributed by atoms with Crippen molar-refractivity contribution in [1.82, 2.24) is 4.57 Å². The van der Waals surface area contributed by atoms with Gasteiger partial charge in [-0.05, 0) is 65.6 Å². The molecule has 0 spiro atoms. The molecule has 1 aromatic carbocycles. The fourth-order valence-electron chi connectivity index (χ4n) is 4.12. The minimum Gasteiger partial charge on any atom is -0.346 e. The molecule has 0 fully saturated rings. The summed E-state index contributed by atoms with van der Waals surface area (Å²) in [5.41, 5.74) is 4.89. The molecule has 2 aromatic rings. The Balaban J connectivity index is 2.15. The van der Waals surface area contributed by atoms with Gasteiger partial charge < -0.3 is 9.88 Å². The van der Waals surface area contributed by atoms with E-state index in [0.29, 0.717) is 4.47 Å². The maximum atomic E-state index is 13.3. The molecule has 1 aromatic heterocycles. The first-order valence-electron chi connectivity index (χ1n) is 9.75. The van der Waals surface area contributed by atoms with Gasteiger partial charge in [0.1, 0.15) is 5.56 Å². The molecule has 5 heteroatoms. The topological polar surface area (TPSA) is 51.1 Å². The van der Waals surface area contributed by atoms with Crippen LogP contribution in [0.2, 0.25) is 0 Å². The Morgan fingerprint density at radius 1 is 1.26 bits per heavy atom. The number of halogens is 1. The fourth-order valence-corrected chi connectivity index (χ4v) is 4.53. The second kappa shape index (κ2) is 8.01. The monoisotopic (exact) mass is 430 g/mol. The summed E-state index contributed by atoms with van der Waals surface area (Å²) in [6.45, 7) is 9.04. The third kappa shape index (κ3) is 3.49. The van der Waals surface area contributed by atoms with E-state index in [0.717, 1.165) is 60.4 Å². The summed E-state index contributed by atoms with van der Waals surface area (Å²) < 4.78 is 2.63. The van der Waals surface area contributed by atoms with E-state index in [9.17, 15) is 9.59 Å². The maximum Gasteiger partial charge on any atom is 0.261 e. The van der Waals surface area contributed by atoms with Crippen molar-refractivity contribution in [2.24, 2.45) is 0 Å². The van der Waals surface area contributed by atoms with Gasteiger partial charge >= 0.3 is 0 Å².